The van der Waals surface area contributed by atoms with E-state index in [9.17, 15) is 4.79 Å². The fourth-order valence-electron chi connectivity index (χ4n) is 2.23. The van der Waals surface area contributed by atoms with Gasteiger partial charge in [-0.2, -0.15) is 0 Å². The highest BCUT2D eigenvalue weighted by Gasteiger charge is 2.31. The number of hydrazine groups is 1. The van der Waals surface area contributed by atoms with Gasteiger partial charge in [0.1, 0.15) is 0 Å². The van der Waals surface area contributed by atoms with Gasteiger partial charge >= 0.3 is 0 Å². The number of rotatable bonds is 3. The van der Waals surface area contributed by atoms with Crippen molar-refractivity contribution in [2.24, 2.45) is 5.92 Å². The Labute approximate surface area is 102 Å². The molecule has 1 aromatic carbocycles. The van der Waals surface area contributed by atoms with Gasteiger partial charge in [-0.15, -0.1) is 0 Å². The summed E-state index contributed by atoms with van der Waals surface area (Å²) in [7, 11) is 0. The lowest BCUT2D eigenvalue weighted by Gasteiger charge is -2.26. The highest BCUT2D eigenvalue weighted by Crippen LogP contribution is 2.26. The number of hydrogen-bond donors (Lipinski definition) is 2. The highest BCUT2D eigenvalue weighted by atomic mass is 16.2. The van der Waals surface area contributed by atoms with Crippen LogP contribution in [-0.2, 0) is 4.79 Å². The number of nitrogens with one attached hydrogen (secondary N) is 1. The van der Waals surface area contributed by atoms with Crippen LogP contribution < -0.4 is 11.2 Å². The summed E-state index contributed by atoms with van der Waals surface area (Å²) in [5.74, 6) is 0.178. The first-order chi connectivity index (χ1) is 8.11. The molecule has 1 saturated heterocycles. The molecule has 92 valence electrons. The van der Waals surface area contributed by atoms with Crippen LogP contribution in [0.25, 0.3) is 0 Å². The Morgan fingerprint density at radius 2 is 2.12 bits per heavy atom. The Morgan fingerprint density at radius 1 is 1.47 bits per heavy atom. The summed E-state index contributed by atoms with van der Waals surface area (Å²) in [4.78, 5) is 11.5. The normalized spacial score (nSPS) is 22.5. The van der Waals surface area contributed by atoms with Crippen LogP contribution in [0.3, 0.4) is 0 Å². The van der Waals surface area contributed by atoms with E-state index in [1.165, 1.54) is 5.56 Å². The first-order valence-electron chi connectivity index (χ1n) is 6.04. The van der Waals surface area contributed by atoms with E-state index in [1.54, 1.807) is 0 Å². The molecule has 0 bridgehead atoms. The molecule has 1 aliphatic rings. The summed E-state index contributed by atoms with van der Waals surface area (Å²) < 4.78 is 0. The first kappa shape index (κ1) is 11.9. The van der Waals surface area contributed by atoms with Crippen molar-refractivity contribution in [1.29, 1.82) is 0 Å². The number of nitrogens with zero attached hydrogens (tertiary/aromatic N) is 1. The van der Waals surface area contributed by atoms with Gasteiger partial charge in [-0.25, -0.2) is 5.01 Å². The van der Waals surface area contributed by atoms with Crippen LogP contribution in [-0.4, -0.2) is 17.5 Å². The number of carbonyl (C=O) groups excluding carboxylic acids is 1. The second kappa shape index (κ2) is 4.75. The van der Waals surface area contributed by atoms with Crippen LogP contribution in [0.1, 0.15) is 31.9 Å². The monoisotopic (exact) mass is 233 g/mol. The maximum Gasteiger partial charge on any atom is 0.238 e. The van der Waals surface area contributed by atoms with Gasteiger partial charge in [0.2, 0.25) is 5.91 Å². The summed E-state index contributed by atoms with van der Waals surface area (Å²) >= 11 is 0. The zero-order valence-electron chi connectivity index (χ0n) is 10.3. The van der Waals surface area contributed by atoms with E-state index in [-0.39, 0.29) is 17.9 Å². The fourth-order valence-corrected chi connectivity index (χ4v) is 2.23. The molecule has 4 nitrogen and oxygen atoms in total. The molecule has 2 unspecified atom stereocenters. The minimum atomic E-state index is 0.0674. The third-order valence-electron chi connectivity index (χ3n) is 3.26. The third-order valence-corrected chi connectivity index (χ3v) is 3.26. The molecule has 2 rings (SSSR count). The average Bonchev–Trinajstić information content (AvgIpc) is 2.63. The molecule has 0 saturated carbocycles. The van der Waals surface area contributed by atoms with E-state index in [4.69, 9.17) is 5.73 Å². The maximum atomic E-state index is 11.5. The van der Waals surface area contributed by atoms with E-state index in [0.29, 0.717) is 0 Å². The van der Waals surface area contributed by atoms with Gasteiger partial charge in [0.05, 0.1) is 12.0 Å². The molecular formula is C13H19N3O. The van der Waals surface area contributed by atoms with Gasteiger partial charge < -0.3 is 5.73 Å². The van der Waals surface area contributed by atoms with Crippen LogP contribution >= 0.6 is 0 Å². The van der Waals surface area contributed by atoms with Gasteiger partial charge in [0, 0.05) is 12.2 Å². The molecule has 0 aromatic heterocycles. The number of hydrogen-bond acceptors (Lipinski definition) is 3. The van der Waals surface area contributed by atoms with Crippen LogP contribution in [0.4, 0.5) is 5.69 Å². The largest absolute Gasteiger partial charge is 0.399 e. The van der Waals surface area contributed by atoms with E-state index in [1.807, 2.05) is 36.2 Å². The van der Waals surface area contributed by atoms with Gasteiger partial charge in [-0.05, 0) is 24.1 Å². The standard InChI is InChI=1S/C13H19N3O/c1-3-12(10-4-6-11(14)7-5-10)16-8-9(2)13(17)15-16/h4-7,9,12H,3,8,14H2,1-2H3,(H,15,17). The Hall–Kier alpha value is -1.55. The second-order valence-electron chi connectivity index (χ2n) is 4.62. The van der Waals surface area contributed by atoms with Gasteiger partial charge in [0.15, 0.2) is 0 Å². The van der Waals surface area contributed by atoms with E-state index >= 15 is 0 Å². The Kier molecular flexibility index (Phi) is 3.33. The number of carbonyl (C=O) groups is 1. The quantitative estimate of drug-likeness (QED) is 0.781. The molecule has 17 heavy (non-hydrogen) atoms. The molecular weight excluding hydrogens is 214 g/mol. The summed E-state index contributed by atoms with van der Waals surface area (Å²) in [6.45, 7) is 4.84. The predicted molar refractivity (Wildman–Crippen MR) is 67.9 cm³/mol. The number of anilines is 1. The highest BCUT2D eigenvalue weighted by molar-refractivity contribution is 5.79. The number of nitrogens with two attached hydrogens (primary N) is 1. The van der Waals surface area contributed by atoms with E-state index < -0.39 is 0 Å². The summed E-state index contributed by atoms with van der Waals surface area (Å²) in [5, 5.41) is 2.03. The zero-order chi connectivity index (χ0) is 12.4. The Balaban J connectivity index is 2.17. The minimum Gasteiger partial charge on any atom is -0.399 e. The fraction of sp³-hybridized carbons (Fsp3) is 0.462. The molecule has 1 fully saturated rings. The molecule has 1 aliphatic heterocycles. The van der Waals surface area contributed by atoms with Crippen molar-refractivity contribution in [3.05, 3.63) is 29.8 Å². The van der Waals surface area contributed by atoms with Crippen molar-refractivity contribution in [3.8, 4) is 0 Å². The summed E-state index contributed by atoms with van der Waals surface area (Å²) in [6, 6.07) is 8.08. The second-order valence-corrected chi connectivity index (χ2v) is 4.62. The van der Waals surface area contributed by atoms with Crippen molar-refractivity contribution in [2.45, 2.75) is 26.3 Å². The smallest absolute Gasteiger partial charge is 0.238 e. The SMILES string of the molecule is CCC(c1ccc(N)cc1)N1CC(C)C(=O)N1. The van der Waals surface area contributed by atoms with Crippen molar-refractivity contribution < 1.29 is 4.79 Å². The van der Waals surface area contributed by atoms with Crippen LogP contribution in [0, 0.1) is 5.92 Å². The molecule has 1 heterocycles. The van der Waals surface area contributed by atoms with E-state index in [0.717, 1.165) is 18.7 Å². The van der Waals surface area contributed by atoms with E-state index in [2.05, 4.69) is 12.3 Å². The number of amides is 1. The lowest BCUT2D eigenvalue weighted by molar-refractivity contribution is -0.123. The average molecular weight is 233 g/mol. The lowest BCUT2D eigenvalue weighted by Crippen LogP contribution is -2.36. The zero-order valence-corrected chi connectivity index (χ0v) is 10.3. The molecule has 0 radical (unpaired) electrons. The molecule has 3 N–H and O–H groups in total. The third kappa shape index (κ3) is 2.42. The molecule has 1 aromatic rings. The predicted octanol–water partition coefficient (Wildman–Crippen LogP) is 1.70. The van der Waals surface area contributed by atoms with Crippen LogP contribution in [0.5, 0.6) is 0 Å². The van der Waals surface area contributed by atoms with Crippen LogP contribution in [0.2, 0.25) is 0 Å². The molecule has 1 amide bonds. The van der Waals surface area contributed by atoms with Crippen molar-refractivity contribution in [2.75, 3.05) is 12.3 Å². The van der Waals surface area contributed by atoms with Crippen molar-refractivity contribution >= 4 is 11.6 Å². The molecule has 0 aliphatic carbocycles. The summed E-state index contributed by atoms with van der Waals surface area (Å²) in [5.41, 5.74) is 10.6. The molecule has 2 atom stereocenters. The Morgan fingerprint density at radius 3 is 2.59 bits per heavy atom. The summed E-state index contributed by atoms with van der Waals surface area (Å²) in [6.07, 6.45) is 0.955. The maximum absolute atomic E-state index is 11.5. The van der Waals surface area contributed by atoms with Gasteiger partial charge in [0.25, 0.3) is 0 Å². The van der Waals surface area contributed by atoms with Crippen LogP contribution in [0.15, 0.2) is 24.3 Å². The minimum absolute atomic E-state index is 0.0674. The lowest BCUT2D eigenvalue weighted by atomic mass is 10.0. The topological polar surface area (TPSA) is 58.4 Å². The molecule has 4 heteroatoms. The van der Waals surface area contributed by atoms with Gasteiger partial charge in [-0.3, -0.25) is 10.2 Å². The molecule has 0 spiro atoms. The van der Waals surface area contributed by atoms with Crippen molar-refractivity contribution in [1.82, 2.24) is 10.4 Å². The van der Waals surface area contributed by atoms with Crippen molar-refractivity contribution in [3.63, 3.8) is 0 Å². The number of nitrogen functional groups attached to an aromatic ring is 1. The number of benzene rings is 1. The Bertz CT molecular complexity index is 402. The first-order valence-corrected chi connectivity index (χ1v) is 6.04. The van der Waals surface area contributed by atoms with Gasteiger partial charge in [-0.1, -0.05) is 26.0 Å².